The van der Waals surface area contributed by atoms with Crippen molar-refractivity contribution in [2.45, 2.75) is 6.61 Å². The number of esters is 2. The van der Waals surface area contributed by atoms with Crippen molar-refractivity contribution in [1.29, 1.82) is 0 Å². The van der Waals surface area contributed by atoms with Crippen LogP contribution in [0, 0.1) is 0 Å². The lowest BCUT2D eigenvalue weighted by Crippen LogP contribution is -2.06. The van der Waals surface area contributed by atoms with Crippen molar-refractivity contribution in [3.8, 4) is 10.6 Å². The number of hydrogen-bond acceptors (Lipinski definition) is 6. The molecule has 1 heterocycles. The number of carbonyl (C=O) groups is 2. The van der Waals surface area contributed by atoms with Crippen molar-refractivity contribution in [1.82, 2.24) is 4.98 Å². The normalized spacial score (nSPS) is 10.4. The highest BCUT2D eigenvalue weighted by molar-refractivity contribution is 7.13. The Hall–Kier alpha value is -2.70. The number of thiazole rings is 1. The topological polar surface area (TPSA) is 65.5 Å². The van der Waals surface area contributed by atoms with Gasteiger partial charge in [0.1, 0.15) is 11.6 Å². The standard InChI is InChI=1S/C19H14ClNO4S/c1-24-18(22)13-7-5-12(6-8-13)10-25-19(23)16-11-26-17(21-16)14-3-2-4-15(20)9-14/h2-9,11H,10H2,1H3. The van der Waals surface area contributed by atoms with Gasteiger partial charge in [-0.25, -0.2) is 14.6 Å². The molecule has 5 nitrogen and oxygen atoms in total. The van der Waals surface area contributed by atoms with E-state index >= 15 is 0 Å². The third kappa shape index (κ3) is 4.28. The lowest BCUT2D eigenvalue weighted by molar-refractivity contribution is 0.0465. The van der Waals surface area contributed by atoms with Crippen molar-refractivity contribution >= 4 is 34.9 Å². The largest absolute Gasteiger partial charge is 0.465 e. The Bertz CT molecular complexity index is 937. The molecule has 0 saturated heterocycles. The van der Waals surface area contributed by atoms with Crippen LogP contribution in [0.1, 0.15) is 26.4 Å². The van der Waals surface area contributed by atoms with E-state index < -0.39 is 11.9 Å². The maximum absolute atomic E-state index is 12.2. The van der Waals surface area contributed by atoms with E-state index in [9.17, 15) is 9.59 Å². The van der Waals surface area contributed by atoms with Gasteiger partial charge in [0.2, 0.25) is 0 Å². The molecular formula is C19H14ClNO4S. The number of halogens is 1. The molecule has 26 heavy (non-hydrogen) atoms. The van der Waals surface area contributed by atoms with Crippen molar-refractivity contribution in [2.75, 3.05) is 7.11 Å². The van der Waals surface area contributed by atoms with Gasteiger partial charge in [-0.15, -0.1) is 11.3 Å². The highest BCUT2D eigenvalue weighted by atomic mass is 35.5. The summed E-state index contributed by atoms with van der Waals surface area (Å²) in [5, 5.41) is 2.96. The van der Waals surface area contributed by atoms with E-state index in [-0.39, 0.29) is 12.3 Å². The molecule has 0 N–H and O–H groups in total. The molecule has 0 bridgehead atoms. The van der Waals surface area contributed by atoms with Gasteiger partial charge in [0, 0.05) is 16.0 Å². The average molecular weight is 388 g/mol. The van der Waals surface area contributed by atoms with Crippen molar-refractivity contribution < 1.29 is 19.1 Å². The number of carbonyl (C=O) groups excluding carboxylic acids is 2. The van der Waals surface area contributed by atoms with Crippen molar-refractivity contribution in [3.05, 3.63) is 75.8 Å². The van der Waals surface area contributed by atoms with Crippen LogP contribution in [0.2, 0.25) is 5.02 Å². The van der Waals surface area contributed by atoms with Crippen LogP contribution in [-0.4, -0.2) is 24.0 Å². The van der Waals surface area contributed by atoms with Crippen LogP contribution in [0.5, 0.6) is 0 Å². The van der Waals surface area contributed by atoms with E-state index in [1.54, 1.807) is 41.8 Å². The first-order valence-corrected chi connectivity index (χ1v) is 8.88. The second-order valence-corrected chi connectivity index (χ2v) is 6.61. The number of benzene rings is 2. The van der Waals surface area contributed by atoms with Crippen molar-refractivity contribution in [3.63, 3.8) is 0 Å². The fourth-order valence-corrected chi connectivity index (χ4v) is 3.18. The van der Waals surface area contributed by atoms with Gasteiger partial charge in [-0.1, -0.05) is 35.9 Å². The quantitative estimate of drug-likeness (QED) is 0.598. The van der Waals surface area contributed by atoms with Crippen LogP contribution < -0.4 is 0 Å². The van der Waals surface area contributed by atoms with Gasteiger partial charge >= 0.3 is 11.9 Å². The third-order valence-electron chi connectivity index (χ3n) is 3.53. The van der Waals surface area contributed by atoms with Crippen LogP contribution in [0.15, 0.2) is 53.9 Å². The first kappa shape index (κ1) is 18.1. The maximum atomic E-state index is 12.2. The van der Waals surface area contributed by atoms with Gasteiger partial charge in [0.25, 0.3) is 0 Å². The molecule has 7 heteroatoms. The molecule has 0 amide bonds. The Balaban J connectivity index is 1.63. The van der Waals surface area contributed by atoms with Gasteiger partial charge in [0.15, 0.2) is 5.69 Å². The Morgan fingerprint density at radius 3 is 2.58 bits per heavy atom. The smallest absolute Gasteiger partial charge is 0.358 e. The maximum Gasteiger partial charge on any atom is 0.358 e. The zero-order valence-corrected chi connectivity index (χ0v) is 15.3. The van der Waals surface area contributed by atoms with E-state index in [1.165, 1.54) is 18.4 Å². The summed E-state index contributed by atoms with van der Waals surface area (Å²) in [7, 11) is 1.32. The molecule has 2 aromatic carbocycles. The van der Waals surface area contributed by atoms with Crippen molar-refractivity contribution in [2.24, 2.45) is 0 Å². The molecule has 1 aromatic heterocycles. The van der Waals surface area contributed by atoms with Crippen LogP contribution in [0.25, 0.3) is 10.6 Å². The molecule has 0 aliphatic rings. The van der Waals surface area contributed by atoms with Gasteiger partial charge < -0.3 is 9.47 Å². The molecule has 0 saturated carbocycles. The summed E-state index contributed by atoms with van der Waals surface area (Å²) < 4.78 is 9.92. The predicted octanol–water partition coefficient (Wildman–Crippen LogP) is 4.61. The summed E-state index contributed by atoms with van der Waals surface area (Å²) in [5.41, 5.74) is 2.29. The zero-order chi connectivity index (χ0) is 18.5. The SMILES string of the molecule is COC(=O)c1ccc(COC(=O)c2csc(-c3cccc(Cl)c3)n2)cc1. The summed E-state index contributed by atoms with van der Waals surface area (Å²) in [6, 6.07) is 13.9. The minimum Gasteiger partial charge on any atom is -0.465 e. The Labute approximate surface area is 159 Å². The zero-order valence-electron chi connectivity index (χ0n) is 13.8. The molecule has 0 aliphatic carbocycles. The number of hydrogen-bond donors (Lipinski definition) is 0. The Morgan fingerprint density at radius 1 is 1.12 bits per heavy atom. The van der Waals surface area contributed by atoms with E-state index in [2.05, 4.69) is 9.72 Å². The van der Waals surface area contributed by atoms with Gasteiger partial charge in [-0.05, 0) is 29.8 Å². The lowest BCUT2D eigenvalue weighted by Gasteiger charge is -2.04. The molecule has 0 fully saturated rings. The minimum atomic E-state index is -0.508. The number of nitrogens with zero attached hydrogens (tertiary/aromatic N) is 1. The van der Waals surface area contributed by atoms with E-state index in [0.29, 0.717) is 15.6 Å². The Kier molecular flexibility index (Phi) is 5.65. The van der Waals surface area contributed by atoms with Crippen LogP contribution in [0.3, 0.4) is 0 Å². The van der Waals surface area contributed by atoms with Gasteiger partial charge in [-0.3, -0.25) is 0 Å². The molecule has 0 radical (unpaired) electrons. The summed E-state index contributed by atoms with van der Waals surface area (Å²) >= 11 is 7.32. The fraction of sp³-hybridized carbons (Fsp3) is 0.105. The van der Waals surface area contributed by atoms with E-state index in [4.69, 9.17) is 16.3 Å². The molecule has 3 aromatic rings. The monoisotopic (exact) mass is 387 g/mol. The fourth-order valence-electron chi connectivity index (χ4n) is 2.20. The molecule has 0 spiro atoms. The lowest BCUT2D eigenvalue weighted by atomic mass is 10.1. The van der Waals surface area contributed by atoms with Crippen LogP contribution >= 0.6 is 22.9 Å². The first-order chi connectivity index (χ1) is 12.6. The summed E-state index contributed by atoms with van der Waals surface area (Å²) in [6.07, 6.45) is 0. The highest BCUT2D eigenvalue weighted by Crippen LogP contribution is 2.26. The van der Waals surface area contributed by atoms with Crippen LogP contribution in [-0.2, 0) is 16.1 Å². The molecular weight excluding hydrogens is 374 g/mol. The third-order valence-corrected chi connectivity index (χ3v) is 4.66. The van der Waals surface area contributed by atoms with E-state index in [1.807, 2.05) is 12.1 Å². The van der Waals surface area contributed by atoms with Gasteiger partial charge in [0.05, 0.1) is 12.7 Å². The predicted molar refractivity (Wildman–Crippen MR) is 99.5 cm³/mol. The van der Waals surface area contributed by atoms with Crippen LogP contribution in [0.4, 0.5) is 0 Å². The summed E-state index contributed by atoms with van der Waals surface area (Å²) in [4.78, 5) is 27.9. The molecule has 0 unspecified atom stereocenters. The second kappa shape index (κ2) is 8.12. The summed E-state index contributed by atoms with van der Waals surface area (Å²) in [5.74, 6) is -0.920. The number of methoxy groups -OCH3 is 1. The molecule has 0 atom stereocenters. The average Bonchev–Trinajstić information content (AvgIpc) is 3.16. The number of rotatable bonds is 5. The molecule has 132 valence electrons. The Morgan fingerprint density at radius 2 is 1.88 bits per heavy atom. The highest BCUT2D eigenvalue weighted by Gasteiger charge is 2.14. The summed E-state index contributed by atoms with van der Waals surface area (Å²) in [6.45, 7) is 0.0876. The number of ether oxygens (including phenoxy) is 2. The van der Waals surface area contributed by atoms with E-state index in [0.717, 1.165) is 11.1 Å². The second-order valence-electron chi connectivity index (χ2n) is 5.31. The molecule has 0 aliphatic heterocycles. The van der Waals surface area contributed by atoms with Gasteiger partial charge in [-0.2, -0.15) is 0 Å². The number of aromatic nitrogens is 1. The minimum absolute atomic E-state index is 0.0876. The molecule has 3 rings (SSSR count). The first-order valence-electron chi connectivity index (χ1n) is 7.62.